The Balaban J connectivity index is 1.61. The van der Waals surface area contributed by atoms with E-state index in [1.54, 1.807) is 24.5 Å². The van der Waals surface area contributed by atoms with Crippen LogP contribution in [0, 0.1) is 0 Å². The number of hydrogen-bond donors (Lipinski definition) is 1. The van der Waals surface area contributed by atoms with Crippen molar-refractivity contribution in [2.24, 2.45) is 0 Å². The third kappa shape index (κ3) is 4.39. The van der Waals surface area contributed by atoms with E-state index < -0.39 is 17.6 Å². The van der Waals surface area contributed by atoms with Crippen molar-refractivity contribution in [1.82, 2.24) is 15.2 Å². The molecule has 2 heterocycles. The van der Waals surface area contributed by atoms with E-state index in [1.807, 2.05) is 0 Å². The van der Waals surface area contributed by atoms with Crippen LogP contribution in [-0.2, 0) is 11.0 Å². The van der Waals surface area contributed by atoms with Crippen molar-refractivity contribution >= 4 is 23.4 Å². The Morgan fingerprint density at radius 1 is 1.15 bits per heavy atom. The van der Waals surface area contributed by atoms with Gasteiger partial charge in [-0.1, -0.05) is 23.9 Å². The molecular weight excluding hydrogens is 369 g/mol. The van der Waals surface area contributed by atoms with Crippen molar-refractivity contribution in [2.75, 3.05) is 11.1 Å². The van der Waals surface area contributed by atoms with Gasteiger partial charge >= 0.3 is 6.18 Å². The Morgan fingerprint density at radius 2 is 1.96 bits per heavy atom. The monoisotopic (exact) mass is 380 g/mol. The summed E-state index contributed by atoms with van der Waals surface area (Å²) in [6.07, 6.45) is -1.41. The molecular formula is C16H11F3N4O2S. The number of pyridine rings is 1. The number of para-hydroxylation sites is 1. The van der Waals surface area contributed by atoms with E-state index in [-0.39, 0.29) is 22.6 Å². The van der Waals surface area contributed by atoms with Gasteiger partial charge in [-0.15, -0.1) is 10.2 Å². The fourth-order valence-electron chi connectivity index (χ4n) is 2.03. The molecule has 3 rings (SSSR count). The first-order chi connectivity index (χ1) is 12.4. The van der Waals surface area contributed by atoms with Crippen molar-refractivity contribution in [3.05, 3.63) is 54.4 Å². The second-order valence-electron chi connectivity index (χ2n) is 5.00. The van der Waals surface area contributed by atoms with Crippen LogP contribution in [0.2, 0.25) is 0 Å². The average molecular weight is 380 g/mol. The van der Waals surface area contributed by atoms with E-state index in [9.17, 15) is 18.0 Å². The van der Waals surface area contributed by atoms with Gasteiger partial charge in [-0.25, -0.2) is 0 Å². The number of amides is 1. The molecule has 10 heteroatoms. The van der Waals surface area contributed by atoms with Crippen LogP contribution in [0.25, 0.3) is 11.5 Å². The summed E-state index contributed by atoms with van der Waals surface area (Å²) in [4.78, 5) is 15.9. The number of thioether (sulfide) groups is 1. The van der Waals surface area contributed by atoms with Gasteiger partial charge < -0.3 is 9.73 Å². The number of benzene rings is 1. The Kier molecular flexibility index (Phi) is 5.21. The van der Waals surface area contributed by atoms with Crippen molar-refractivity contribution in [1.29, 1.82) is 0 Å². The molecule has 0 aliphatic heterocycles. The number of nitrogens with one attached hydrogen (secondary N) is 1. The molecule has 2 aromatic heterocycles. The van der Waals surface area contributed by atoms with Gasteiger partial charge in [-0.05, 0) is 24.3 Å². The smallest absolute Gasteiger partial charge is 0.411 e. The SMILES string of the molecule is O=C(CSc1nnc(-c2cccnc2)o1)Nc1ccccc1C(F)(F)F. The highest BCUT2D eigenvalue weighted by molar-refractivity contribution is 7.99. The van der Waals surface area contributed by atoms with Gasteiger partial charge in [0.1, 0.15) is 0 Å². The summed E-state index contributed by atoms with van der Waals surface area (Å²) in [6, 6.07) is 8.20. The van der Waals surface area contributed by atoms with E-state index in [2.05, 4.69) is 20.5 Å². The summed E-state index contributed by atoms with van der Waals surface area (Å²) in [7, 11) is 0. The summed E-state index contributed by atoms with van der Waals surface area (Å²) in [5.41, 5.74) is -0.586. The molecule has 6 nitrogen and oxygen atoms in total. The van der Waals surface area contributed by atoms with Gasteiger partial charge in [-0.2, -0.15) is 13.2 Å². The lowest BCUT2D eigenvalue weighted by Gasteiger charge is -2.13. The van der Waals surface area contributed by atoms with Crippen LogP contribution in [0.15, 0.2) is 58.4 Å². The number of hydrogen-bond acceptors (Lipinski definition) is 6. The first kappa shape index (κ1) is 17.9. The summed E-state index contributed by atoms with van der Waals surface area (Å²) in [5.74, 6) is -0.558. The zero-order valence-corrected chi connectivity index (χ0v) is 13.8. The highest BCUT2D eigenvalue weighted by Gasteiger charge is 2.33. The third-order valence-electron chi connectivity index (χ3n) is 3.15. The van der Waals surface area contributed by atoms with Crippen LogP contribution >= 0.6 is 11.8 Å². The highest BCUT2D eigenvalue weighted by Crippen LogP contribution is 2.34. The third-order valence-corrected chi connectivity index (χ3v) is 3.97. The minimum Gasteiger partial charge on any atom is -0.411 e. The molecule has 0 radical (unpaired) electrons. The molecule has 0 aliphatic carbocycles. The zero-order valence-electron chi connectivity index (χ0n) is 13.0. The van der Waals surface area contributed by atoms with E-state index in [0.717, 1.165) is 17.8 Å². The van der Waals surface area contributed by atoms with Gasteiger partial charge in [0, 0.05) is 12.4 Å². The minimum absolute atomic E-state index is 0.128. The summed E-state index contributed by atoms with van der Waals surface area (Å²) < 4.78 is 44.1. The van der Waals surface area contributed by atoms with Crippen molar-refractivity contribution in [3.8, 4) is 11.5 Å². The second kappa shape index (κ2) is 7.56. The fraction of sp³-hybridized carbons (Fsp3) is 0.125. The fourth-order valence-corrected chi connectivity index (χ4v) is 2.59. The molecule has 0 saturated carbocycles. The first-order valence-electron chi connectivity index (χ1n) is 7.26. The molecule has 1 N–H and O–H groups in total. The number of rotatable bonds is 5. The lowest BCUT2D eigenvalue weighted by atomic mass is 10.1. The van der Waals surface area contributed by atoms with E-state index in [4.69, 9.17) is 4.42 Å². The maximum atomic E-state index is 12.9. The molecule has 0 atom stereocenters. The topological polar surface area (TPSA) is 80.9 Å². The van der Waals surface area contributed by atoms with E-state index in [1.165, 1.54) is 18.2 Å². The quantitative estimate of drug-likeness (QED) is 0.677. The molecule has 0 spiro atoms. The predicted octanol–water partition coefficient (Wildman–Crippen LogP) is 3.88. The van der Waals surface area contributed by atoms with Crippen LogP contribution in [-0.4, -0.2) is 26.8 Å². The highest BCUT2D eigenvalue weighted by atomic mass is 32.2. The van der Waals surface area contributed by atoms with Crippen LogP contribution < -0.4 is 5.32 Å². The number of anilines is 1. The van der Waals surface area contributed by atoms with E-state index in [0.29, 0.717) is 5.56 Å². The molecule has 3 aromatic rings. The predicted molar refractivity (Wildman–Crippen MR) is 88.3 cm³/mol. The number of carbonyl (C=O) groups excluding carboxylic acids is 1. The Morgan fingerprint density at radius 3 is 2.69 bits per heavy atom. The summed E-state index contributed by atoms with van der Waals surface area (Å²) in [6.45, 7) is 0. The first-order valence-corrected chi connectivity index (χ1v) is 8.25. The van der Waals surface area contributed by atoms with E-state index >= 15 is 0 Å². The average Bonchev–Trinajstić information content (AvgIpc) is 3.09. The minimum atomic E-state index is -4.55. The van der Waals surface area contributed by atoms with Gasteiger partial charge in [0.2, 0.25) is 11.8 Å². The lowest BCUT2D eigenvalue weighted by Crippen LogP contribution is -2.18. The Hall–Kier alpha value is -2.88. The van der Waals surface area contributed by atoms with Crippen LogP contribution in [0.3, 0.4) is 0 Å². The molecule has 1 aromatic carbocycles. The standard InChI is InChI=1S/C16H11F3N4O2S/c17-16(18,19)11-5-1-2-6-12(11)21-13(24)9-26-15-23-22-14(25-15)10-4-3-7-20-8-10/h1-8H,9H2,(H,21,24). The largest absolute Gasteiger partial charge is 0.418 e. The maximum absolute atomic E-state index is 12.9. The molecule has 0 fully saturated rings. The number of aromatic nitrogens is 3. The number of carbonyl (C=O) groups is 1. The Bertz CT molecular complexity index is 900. The molecule has 0 bridgehead atoms. The van der Waals surface area contributed by atoms with Gasteiger partial charge in [0.25, 0.3) is 5.22 Å². The van der Waals surface area contributed by atoms with Crippen molar-refractivity contribution < 1.29 is 22.4 Å². The van der Waals surface area contributed by atoms with Crippen LogP contribution in [0.4, 0.5) is 18.9 Å². The summed E-state index contributed by atoms with van der Waals surface area (Å²) >= 11 is 0.923. The number of halogens is 3. The number of alkyl halides is 3. The summed E-state index contributed by atoms with van der Waals surface area (Å²) in [5, 5.41) is 10.00. The molecule has 0 saturated heterocycles. The van der Waals surface area contributed by atoms with Crippen molar-refractivity contribution in [2.45, 2.75) is 11.4 Å². The van der Waals surface area contributed by atoms with Gasteiger partial charge in [0.05, 0.1) is 22.6 Å². The van der Waals surface area contributed by atoms with Crippen LogP contribution in [0.1, 0.15) is 5.56 Å². The maximum Gasteiger partial charge on any atom is 0.418 e. The Labute approximate surface area is 149 Å². The normalized spacial score (nSPS) is 11.3. The number of nitrogens with zero attached hydrogens (tertiary/aromatic N) is 3. The van der Waals surface area contributed by atoms with Gasteiger partial charge in [0.15, 0.2) is 0 Å². The molecule has 0 aliphatic rings. The molecule has 134 valence electrons. The molecule has 0 unspecified atom stereocenters. The molecule has 1 amide bonds. The lowest BCUT2D eigenvalue weighted by molar-refractivity contribution is -0.137. The molecule has 26 heavy (non-hydrogen) atoms. The zero-order chi connectivity index (χ0) is 18.6. The second-order valence-corrected chi connectivity index (χ2v) is 5.92. The van der Waals surface area contributed by atoms with Crippen LogP contribution in [0.5, 0.6) is 0 Å². The van der Waals surface area contributed by atoms with Crippen molar-refractivity contribution in [3.63, 3.8) is 0 Å². The van der Waals surface area contributed by atoms with Gasteiger partial charge in [-0.3, -0.25) is 9.78 Å².